The Balaban J connectivity index is 1.66. The van der Waals surface area contributed by atoms with Gasteiger partial charge in [-0.2, -0.15) is 5.10 Å². The molecular formula is C22H22IN3O. The van der Waals surface area contributed by atoms with E-state index < -0.39 is 0 Å². The Kier molecular flexibility index (Phi) is 5.63. The van der Waals surface area contributed by atoms with Crippen LogP contribution >= 0.6 is 22.6 Å². The first kappa shape index (κ1) is 18.3. The molecule has 0 bridgehead atoms. The Labute approximate surface area is 173 Å². The van der Waals surface area contributed by atoms with E-state index in [1.54, 1.807) is 6.20 Å². The fraction of sp³-hybridized carbons (Fsp3) is 0.364. The molecule has 27 heavy (non-hydrogen) atoms. The lowest BCUT2D eigenvalue weighted by atomic mass is 9.85. The van der Waals surface area contributed by atoms with E-state index in [-0.39, 0.29) is 0 Å². The summed E-state index contributed by atoms with van der Waals surface area (Å²) in [5.41, 5.74) is 3.26. The number of pyridine rings is 1. The molecular weight excluding hydrogens is 449 g/mol. The summed E-state index contributed by atoms with van der Waals surface area (Å²) < 4.78 is 9.16. The number of hydrogen-bond acceptors (Lipinski definition) is 3. The van der Waals surface area contributed by atoms with Gasteiger partial charge in [-0.1, -0.05) is 25.2 Å². The van der Waals surface area contributed by atoms with Gasteiger partial charge in [-0.15, -0.1) is 0 Å². The standard InChI is InChI=1S/C22H22IN3O/c1-2-3-8-17-11-18-13-25-26(14-16-6-4-7-16)21(18)12-19(17)15-27-22-20(23)9-5-10-24-22/h5,9-13,16H,2,4,6-7,14-15H2,1H3. The monoisotopic (exact) mass is 471 g/mol. The van der Waals surface area contributed by atoms with Crippen LogP contribution in [-0.2, 0) is 13.2 Å². The Hall–Kier alpha value is -2.07. The van der Waals surface area contributed by atoms with Crippen LogP contribution in [0.2, 0.25) is 0 Å². The van der Waals surface area contributed by atoms with Crippen molar-refractivity contribution in [3.63, 3.8) is 0 Å². The van der Waals surface area contributed by atoms with E-state index >= 15 is 0 Å². The zero-order valence-electron chi connectivity index (χ0n) is 15.4. The van der Waals surface area contributed by atoms with E-state index in [2.05, 4.69) is 68.3 Å². The lowest BCUT2D eigenvalue weighted by Crippen LogP contribution is -2.18. The van der Waals surface area contributed by atoms with E-state index in [4.69, 9.17) is 4.74 Å². The minimum atomic E-state index is 0.450. The van der Waals surface area contributed by atoms with Gasteiger partial charge >= 0.3 is 0 Å². The number of hydrogen-bond donors (Lipinski definition) is 0. The molecule has 0 saturated heterocycles. The molecule has 0 amide bonds. The van der Waals surface area contributed by atoms with Crippen molar-refractivity contribution in [3.05, 3.63) is 51.4 Å². The van der Waals surface area contributed by atoms with Crippen molar-refractivity contribution in [2.75, 3.05) is 0 Å². The third-order valence-electron chi connectivity index (χ3n) is 5.01. The number of halogens is 1. The molecule has 1 aromatic carbocycles. The number of aromatic nitrogens is 3. The topological polar surface area (TPSA) is 39.9 Å². The van der Waals surface area contributed by atoms with Crippen molar-refractivity contribution >= 4 is 33.5 Å². The summed E-state index contributed by atoms with van der Waals surface area (Å²) >= 11 is 2.25. The SMILES string of the molecule is CCC#Cc1cc2cnn(CC3CCC3)c2cc1COc1ncccc1I. The first-order valence-corrected chi connectivity index (χ1v) is 10.5. The van der Waals surface area contributed by atoms with Gasteiger partial charge in [0.1, 0.15) is 6.61 Å². The van der Waals surface area contributed by atoms with Crippen molar-refractivity contribution in [1.82, 2.24) is 14.8 Å². The molecule has 0 aliphatic heterocycles. The predicted octanol–water partition coefficient (Wildman–Crippen LogP) is 5.18. The van der Waals surface area contributed by atoms with Crippen LogP contribution in [0.1, 0.15) is 43.7 Å². The van der Waals surface area contributed by atoms with Gasteiger partial charge in [-0.05, 0) is 65.6 Å². The second kappa shape index (κ2) is 8.30. The van der Waals surface area contributed by atoms with Gasteiger partial charge in [0.15, 0.2) is 0 Å². The van der Waals surface area contributed by atoms with E-state index in [9.17, 15) is 0 Å². The minimum Gasteiger partial charge on any atom is -0.472 e. The van der Waals surface area contributed by atoms with Crippen LogP contribution in [0.15, 0.2) is 36.7 Å². The maximum absolute atomic E-state index is 6.01. The van der Waals surface area contributed by atoms with E-state index in [1.165, 1.54) is 24.8 Å². The molecule has 0 N–H and O–H groups in total. The molecule has 2 aromatic heterocycles. The van der Waals surface area contributed by atoms with Crippen LogP contribution in [0, 0.1) is 21.3 Å². The van der Waals surface area contributed by atoms with Crippen molar-refractivity contribution in [1.29, 1.82) is 0 Å². The molecule has 1 aliphatic carbocycles. The zero-order chi connectivity index (χ0) is 18.6. The van der Waals surface area contributed by atoms with Gasteiger partial charge in [0.2, 0.25) is 5.88 Å². The van der Waals surface area contributed by atoms with Crippen molar-refractivity contribution in [2.24, 2.45) is 5.92 Å². The van der Waals surface area contributed by atoms with Gasteiger partial charge in [-0.3, -0.25) is 4.68 Å². The van der Waals surface area contributed by atoms with Crippen LogP contribution < -0.4 is 4.74 Å². The molecule has 4 nitrogen and oxygen atoms in total. The quantitative estimate of drug-likeness (QED) is 0.381. The first-order chi connectivity index (χ1) is 13.2. The number of benzene rings is 1. The molecule has 1 aliphatic rings. The van der Waals surface area contributed by atoms with Crippen LogP contribution in [-0.4, -0.2) is 14.8 Å². The summed E-state index contributed by atoms with van der Waals surface area (Å²) in [6.45, 7) is 3.52. The summed E-state index contributed by atoms with van der Waals surface area (Å²) in [5.74, 6) is 7.90. The normalized spacial score (nSPS) is 13.9. The number of fused-ring (bicyclic) bond motifs is 1. The second-order valence-electron chi connectivity index (χ2n) is 6.93. The van der Waals surface area contributed by atoms with Gasteiger partial charge < -0.3 is 4.74 Å². The average molecular weight is 471 g/mol. The molecule has 138 valence electrons. The van der Waals surface area contributed by atoms with Crippen molar-refractivity contribution in [3.8, 4) is 17.7 Å². The zero-order valence-corrected chi connectivity index (χ0v) is 17.6. The lowest BCUT2D eigenvalue weighted by Gasteiger charge is -2.25. The highest BCUT2D eigenvalue weighted by atomic mass is 127. The van der Waals surface area contributed by atoms with Gasteiger partial charge in [0.05, 0.1) is 15.3 Å². The minimum absolute atomic E-state index is 0.450. The third-order valence-corrected chi connectivity index (χ3v) is 5.83. The first-order valence-electron chi connectivity index (χ1n) is 9.45. The van der Waals surface area contributed by atoms with Crippen LogP contribution in [0.3, 0.4) is 0 Å². The maximum atomic E-state index is 6.01. The Morgan fingerprint density at radius 2 is 2.22 bits per heavy atom. The fourth-order valence-electron chi connectivity index (χ4n) is 3.28. The Morgan fingerprint density at radius 3 is 2.96 bits per heavy atom. The number of ether oxygens (including phenoxy) is 1. The van der Waals surface area contributed by atoms with Crippen LogP contribution in [0.4, 0.5) is 0 Å². The Bertz CT molecular complexity index is 1010. The molecule has 0 spiro atoms. The molecule has 0 atom stereocenters. The van der Waals surface area contributed by atoms with Crippen molar-refractivity contribution < 1.29 is 4.74 Å². The molecule has 0 radical (unpaired) electrons. The highest BCUT2D eigenvalue weighted by Crippen LogP contribution is 2.30. The van der Waals surface area contributed by atoms with Gasteiger partial charge in [0, 0.05) is 35.7 Å². The molecule has 0 unspecified atom stereocenters. The van der Waals surface area contributed by atoms with Crippen molar-refractivity contribution in [2.45, 2.75) is 45.8 Å². The highest BCUT2D eigenvalue weighted by molar-refractivity contribution is 14.1. The Morgan fingerprint density at radius 1 is 1.33 bits per heavy atom. The fourth-order valence-corrected chi connectivity index (χ4v) is 3.78. The molecule has 5 heteroatoms. The summed E-state index contributed by atoms with van der Waals surface area (Å²) in [4.78, 5) is 4.33. The molecule has 2 heterocycles. The third kappa shape index (κ3) is 4.11. The maximum Gasteiger partial charge on any atom is 0.227 e. The van der Waals surface area contributed by atoms with Gasteiger partial charge in [-0.25, -0.2) is 4.98 Å². The molecule has 1 saturated carbocycles. The second-order valence-corrected chi connectivity index (χ2v) is 8.09. The highest BCUT2D eigenvalue weighted by Gasteiger charge is 2.19. The summed E-state index contributed by atoms with van der Waals surface area (Å²) in [6, 6.07) is 8.25. The number of rotatable bonds is 5. The van der Waals surface area contributed by atoms with E-state index in [0.29, 0.717) is 12.5 Å². The summed E-state index contributed by atoms with van der Waals surface area (Å²) in [7, 11) is 0. The van der Waals surface area contributed by atoms with E-state index in [0.717, 1.165) is 39.0 Å². The lowest BCUT2D eigenvalue weighted by molar-refractivity contribution is 0.270. The van der Waals surface area contributed by atoms with Gasteiger partial charge in [0.25, 0.3) is 0 Å². The molecule has 4 rings (SSSR count). The molecule has 3 aromatic rings. The van der Waals surface area contributed by atoms with Crippen LogP contribution in [0.5, 0.6) is 5.88 Å². The summed E-state index contributed by atoms with van der Waals surface area (Å²) in [6.07, 6.45) is 8.52. The summed E-state index contributed by atoms with van der Waals surface area (Å²) in [5, 5.41) is 5.77. The predicted molar refractivity (Wildman–Crippen MR) is 116 cm³/mol. The largest absolute Gasteiger partial charge is 0.472 e. The molecule has 1 fully saturated rings. The smallest absolute Gasteiger partial charge is 0.227 e. The van der Waals surface area contributed by atoms with E-state index in [1.807, 2.05) is 18.3 Å². The average Bonchev–Trinajstić information content (AvgIpc) is 3.03. The van der Waals surface area contributed by atoms with Crippen LogP contribution in [0.25, 0.3) is 10.9 Å². The number of nitrogens with zero attached hydrogens (tertiary/aromatic N) is 3.